The van der Waals surface area contributed by atoms with Gasteiger partial charge in [-0.15, -0.1) is 24.0 Å². The van der Waals surface area contributed by atoms with Crippen LogP contribution < -0.4 is 10.6 Å². The minimum Gasteiger partial charge on any atom is -0.361 e. The number of nitrogens with zero attached hydrogens (tertiary/aromatic N) is 4. The minimum atomic E-state index is -0.235. The minimum absolute atomic E-state index is 0. The Balaban J connectivity index is 0.00000256. The number of H-pyrrole nitrogens is 1. The van der Waals surface area contributed by atoms with Crippen molar-refractivity contribution in [3.05, 3.63) is 78.4 Å². The third-order valence-corrected chi connectivity index (χ3v) is 4.68. The lowest BCUT2D eigenvalue weighted by molar-refractivity contribution is 0.629. The van der Waals surface area contributed by atoms with Crippen LogP contribution in [-0.4, -0.2) is 39.1 Å². The molecule has 0 radical (unpaired) electrons. The summed E-state index contributed by atoms with van der Waals surface area (Å²) in [5.74, 6) is 1.31. The van der Waals surface area contributed by atoms with E-state index in [1.807, 2.05) is 41.4 Å². The third-order valence-electron chi connectivity index (χ3n) is 4.68. The van der Waals surface area contributed by atoms with Crippen LogP contribution in [0.4, 0.5) is 4.39 Å². The number of aliphatic imine (C=N–C) groups is 1. The van der Waals surface area contributed by atoms with Gasteiger partial charge in [0.05, 0.1) is 0 Å². The Labute approximate surface area is 190 Å². The van der Waals surface area contributed by atoms with Crippen LogP contribution in [0.2, 0.25) is 0 Å². The summed E-state index contributed by atoms with van der Waals surface area (Å²) in [5, 5.41) is 7.63. The van der Waals surface area contributed by atoms with Crippen LogP contribution in [0, 0.1) is 5.82 Å². The molecule has 0 unspecified atom stereocenters. The quantitative estimate of drug-likeness (QED) is 0.207. The van der Waals surface area contributed by atoms with Crippen molar-refractivity contribution in [3.63, 3.8) is 0 Å². The maximum absolute atomic E-state index is 13.3. The normalized spacial score (nSPS) is 11.3. The number of aromatic amines is 1. The van der Waals surface area contributed by atoms with Crippen molar-refractivity contribution in [2.75, 3.05) is 13.6 Å². The van der Waals surface area contributed by atoms with Gasteiger partial charge >= 0.3 is 0 Å². The van der Waals surface area contributed by atoms with E-state index >= 15 is 0 Å². The fourth-order valence-corrected chi connectivity index (χ4v) is 3.16. The van der Waals surface area contributed by atoms with Crippen LogP contribution in [0.1, 0.15) is 11.1 Å². The maximum atomic E-state index is 13.3. The molecule has 0 bridgehead atoms. The SMILES string of the molecule is CN=C(NCCc1c[nH]c2cc(F)ccc12)NCc1ccc(-n2ccnc2)nc1.I. The molecule has 4 aromatic rings. The molecule has 9 heteroatoms. The third kappa shape index (κ3) is 5.15. The van der Waals surface area contributed by atoms with Gasteiger partial charge in [0.25, 0.3) is 0 Å². The molecule has 0 fully saturated rings. The number of rotatable bonds is 6. The highest BCUT2D eigenvalue weighted by molar-refractivity contribution is 14.0. The number of hydrogen-bond donors (Lipinski definition) is 3. The summed E-state index contributed by atoms with van der Waals surface area (Å²) in [7, 11) is 1.74. The summed E-state index contributed by atoms with van der Waals surface area (Å²) in [6.07, 6.45) is 9.86. The van der Waals surface area contributed by atoms with E-state index in [1.165, 1.54) is 12.1 Å². The van der Waals surface area contributed by atoms with E-state index in [1.54, 1.807) is 19.6 Å². The fraction of sp³-hybridized carbons (Fsp3) is 0.190. The largest absolute Gasteiger partial charge is 0.361 e. The molecule has 0 aliphatic rings. The molecule has 0 aliphatic carbocycles. The molecule has 156 valence electrons. The summed E-state index contributed by atoms with van der Waals surface area (Å²) < 4.78 is 15.2. The number of guanidine groups is 1. The summed E-state index contributed by atoms with van der Waals surface area (Å²) in [4.78, 5) is 15.9. The van der Waals surface area contributed by atoms with E-state index in [9.17, 15) is 4.39 Å². The number of halogens is 2. The van der Waals surface area contributed by atoms with Gasteiger partial charge in [0.15, 0.2) is 5.96 Å². The zero-order valence-electron chi connectivity index (χ0n) is 16.5. The summed E-state index contributed by atoms with van der Waals surface area (Å²) in [6, 6.07) is 8.78. The van der Waals surface area contributed by atoms with Crippen LogP contribution in [0.25, 0.3) is 16.7 Å². The van der Waals surface area contributed by atoms with E-state index in [4.69, 9.17) is 0 Å². The fourth-order valence-electron chi connectivity index (χ4n) is 3.16. The van der Waals surface area contributed by atoms with Crippen molar-refractivity contribution in [2.45, 2.75) is 13.0 Å². The number of nitrogens with one attached hydrogen (secondary N) is 3. The van der Waals surface area contributed by atoms with Crippen molar-refractivity contribution in [2.24, 2.45) is 4.99 Å². The molecule has 3 aromatic heterocycles. The summed E-state index contributed by atoms with van der Waals surface area (Å²) >= 11 is 0. The first kappa shape index (κ1) is 21.8. The smallest absolute Gasteiger partial charge is 0.191 e. The number of fused-ring (bicyclic) bond motifs is 1. The average Bonchev–Trinajstić information content (AvgIpc) is 3.41. The molecule has 1 aromatic carbocycles. The molecular formula is C21H23FIN7. The highest BCUT2D eigenvalue weighted by atomic mass is 127. The Hall–Kier alpha value is -2.95. The number of pyridine rings is 1. The second kappa shape index (κ2) is 10.2. The highest BCUT2D eigenvalue weighted by Crippen LogP contribution is 2.19. The van der Waals surface area contributed by atoms with Crippen LogP contribution in [0.3, 0.4) is 0 Å². The van der Waals surface area contributed by atoms with Gasteiger partial charge in [0.1, 0.15) is 18.0 Å². The first-order chi connectivity index (χ1) is 14.2. The number of aromatic nitrogens is 4. The zero-order valence-corrected chi connectivity index (χ0v) is 18.8. The van der Waals surface area contributed by atoms with Crippen LogP contribution >= 0.6 is 24.0 Å². The molecule has 0 atom stereocenters. The predicted molar refractivity (Wildman–Crippen MR) is 127 cm³/mol. The average molecular weight is 519 g/mol. The topological polar surface area (TPSA) is 82.9 Å². The molecule has 0 spiro atoms. The van der Waals surface area contributed by atoms with Crippen molar-refractivity contribution in [1.29, 1.82) is 0 Å². The molecule has 0 amide bonds. The van der Waals surface area contributed by atoms with Gasteiger partial charge in [0.2, 0.25) is 0 Å². The van der Waals surface area contributed by atoms with Gasteiger partial charge in [-0.2, -0.15) is 0 Å². The molecular weight excluding hydrogens is 496 g/mol. The van der Waals surface area contributed by atoms with Crippen molar-refractivity contribution in [1.82, 2.24) is 30.2 Å². The molecule has 3 N–H and O–H groups in total. The first-order valence-electron chi connectivity index (χ1n) is 9.36. The lowest BCUT2D eigenvalue weighted by atomic mass is 10.1. The molecule has 30 heavy (non-hydrogen) atoms. The standard InChI is InChI=1S/C21H22FN7.HI/c1-23-21(25-7-6-16-13-26-19-10-17(22)3-4-18(16)19)28-12-15-2-5-20(27-11-15)29-9-8-24-14-29;/h2-5,8-11,13-14,26H,6-7,12H2,1H3,(H2,23,25,28);1H. The molecule has 0 aliphatic heterocycles. The van der Waals surface area contributed by atoms with Gasteiger partial charge < -0.3 is 15.6 Å². The summed E-state index contributed by atoms with van der Waals surface area (Å²) in [6.45, 7) is 1.32. The van der Waals surface area contributed by atoms with Gasteiger partial charge in [-0.05, 0) is 41.8 Å². The van der Waals surface area contributed by atoms with Crippen LogP contribution in [0.15, 0.2) is 66.4 Å². The van der Waals surface area contributed by atoms with Crippen molar-refractivity contribution >= 4 is 40.8 Å². The molecule has 3 heterocycles. The lowest BCUT2D eigenvalue weighted by Gasteiger charge is -2.12. The lowest BCUT2D eigenvalue weighted by Crippen LogP contribution is -2.37. The second-order valence-electron chi connectivity index (χ2n) is 6.60. The Morgan fingerprint density at radius 2 is 2.13 bits per heavy atom. The Morgan fingerprint density at radius 3 is 2.87 bits per heavy atom. The van der Waals surface area contributed by atoms with Crippen molar-refractivity contribution < 1.29 is 4.39 Å². The molecule has 7 nitrogen and oxygen atoms in total. The summed E-state index contributed by atoms with van der Waals surface area (Å²) in [5.41, 5.74) is 3.01. The van der Waals surface area contributed by atoms with Crippen molar-refractivity contribution in [3.8, 4) is 5.82 Å². The van der Waals surface area contributed by atoms with Crippen LogP contribution in [-0.2, 0) is 13.0 Å². The predicted octanol–water partition coefficient (Wildman–Crippen LogP) is 3.41. The first-order valence-corrected chi connectivity index (χ1v) is 9.36. The molecule has 0 saturated heterocycles. The maximum Gasteiger partial charge on any atom is 0.191 e. The van der Waals surface area contributed by atoms with Gasteiger partial charge in [0, 0.05) is 55.8 Å². The number of hydrogen-bond acceptors (Lipinski definition) is 3. The van der Waals surface area contributed by atoms with E-state index in [0.717, 1.165) is 40.2 Å². The Bertz CT molecular complexity index is 1100. The van der Waals surface area contributed by atoms with E-state index < -0.39 is 0 Å². The number of benzene rings is 1. The van der Waals surface area contributed by atoms with Gasteiger partial charge in [-0.25, -0.2) is 14.4 Å². The molecule has 4 rings (SSSR count). The van der Waals surface area contributed by atoms with Gasteiger partial charge in [-0.3, -0.25) is 9.56 Å². The second-order valence-corrected chi connectivity index (χ2v) is 6.60. The van der Waals surface area contributed by atoms with Gasteiger partial charge in [-0.1, -0.05) is 6.07 Å². The van der Waals surface area contributed by atoms with Crippen LogP contribution in [0.5, 0.6) is 0 Å². The Morgan fingerprint density at radius 1 is 1.23 bits per heavy atom. The monoisotopic (exact) mass is 519 g/mol. The Kier molecular flexibility index (Phi) is 7.39. The highest BCUT2D eigenvalue weighted by Gasteiger charge is 2.05. The van der Waals surface area contributed by atoms with E-state index in [0.29, 0.717) is 13.1 Å². The zero-order chi connectivity index (χ0) is 20.1. The van der Waals surface area contributed by atoms with E-state index in [2.05, 4.69) is 30.6 Å². The number of imidazole rings is 1. The van der Waals surface area contributed by atoms with E-state index in [-0.39, 0.29) is 29.8 Å². The molecule has 0 saturated carbocycles.